The molecule has 162 valence electrons. The minimum atomic E-state index is -0.579. The molecule has 2 N–H and O–H groups in total. The highest BCUT2D eigenvalue weighted by Crippen LogP contribution is 2.36. The lowest BCUT2D eigenvalue weighted by atomic mass is 9.92. The van der Waals surface area contributed by atoms with Crippen LogP contribution in [0.5, 0.6) is 5.75 Å². The van der Waals surface area contributed by atoms with Gasteiger partial charge in [0.05, 0.1) is 5.92 Å². The quantitative estimate of drug-likeness (QED) is 0.347. The van der Waals surface area contributed by atoms with E-state index in [1.54, 1.807) is 30.6 Å². The van der Waals surface area contributed by atoms with Crippen LogP contribution in [0.25, 0.3) is 22.7 Å². The first kappa shape index (κ1) is 21.6. The molecule has 4 aromatic rings. The first-order chi connectivity index (χ1) is 15.6. The Balaban J connectivity index is 1.71. The number of nitrogens with one attached hydrogen (secondary N) is 1. The van der Waals surface area contributed by atoms with Gasteiger partial charge in [-0.15, -0.1) is 0 Å². The van der Waals surface area contributed by atoms with Crippen molar-refractivity contribution in [1.82, 2.24) is 9.97 Å². The van der Waals surface area contributed by atoms with Gasteiger partial charge in [-0.05, 0) is 42.8 Å². The second-order valence-electron chi connectivity index (χ2n) is 7.34. The third-order valence-electron chi connectivity index (χ3n) is 5.08. The molecule has 0 fully saturated rings. The van der Waals surface area contributed by atoms with E-state index in [0.717, 1.165) is 17.5 Å². The number of halogens is 1. The Morgan fingerprint density at radius 1 is 1.12 bits per heavy atom. The van der Waals surface area contributed by atoms with Gasteiger partial charge in [-0.1, -0.05) is 49.2 Å². The fourth-order valence-electron chi connectivity index (χ4n) is 3.53. The Bertz CT molecular complexity index is 1210. The molecule has 2 aromatic heterocycles. The number of amides is 1. The van der Waals surface area contributed by atoms with E-state index in [1.807, 2.05) is 43.3 Å². The molecule has 7 heteroatoms. The summed E-state index contributed by atoms with van der Waals surface area (Å²) in [5.41, 5.74) is 2.51. The molecule has 0 saturated carbocycles. The number of hydrogen-bond acceptors (Lipinski definition) is 5. The van der Waals surface area contributed by atoms with Crippen molar-refractivity contribution in [3.8, 4) is 28.5 Å². The largest absolute Gasteiger partial charge is 0.508 e. The highest BCUT2D eigenvalue weighted by Gasteiger charge is 2.26. The maximum absolute atomic E-state index is 13.3. The molecule has 6 nitrogen and oxygen atoms in total. The van der Waals surface area contributed by atoms with Gasteiger partial charge in [-0.2, -0.15) is 0 Å². The SMILES string of the molecule is CCCC(C(=O)Nc1oc(-c2ccccc2)nc1-c1cccnc1)c1ccc(Cl)cc1O. The molecule has 2 aromatic carbocycles. The number of rotatable bonds is 7. The highest BCUT2D eigenvalue weighted by molar-refractivity contribution is 6.30. The van der Waals surface area contributed by atoms with Gasteiger partial charge in [0.15, 0.2) is 0 Å². The zero-order chi connectivity index (χ0) is 22.5. The molecule has 0 spiro atoms. The lowest BCUT2D eigenvalue weighted by molar-refractivity contribution is -0.117. The summed E-state index contributed by atoms with van der Waals surface area (Å²) in [6, 6.07) is 17.9. The number of carbonyl (C=O) groups excluding carboxylic acids is 1. The summed E-state index contributed by atoms with van der Waals surface area (Å²) < 4.78 is 5.99. The van der Waals surface area contributed by atoms with E-state index >= 15 is 0 Å². The number of hydrogen-bond donors (Lipinski definition) is 2. The monoisotopic (exact) mass is 447 g/mol. The topological polar surface area (TPSA) is 88.3 Å². The predicted molar refractivity (Wildman–Crippen MR) is 125 cm³/mol. The summed E-state index contributed by atoms with van der Waals surface area (Å²) >= 11 is 5.97. The second-order valence-corrected chi connectivity index (χ2v) is 7.77. The molecule has 0 aliphatic rings. The van der Waals surface area contributed by atoms with Crippen LogP contribution in [0, 0.1) is 0 Å². The average Bonchev–Trinajstić information content (AvgIpc) is 3.23. The van der Waals surface area contributed by atoms with Crippen molar-refractivity contribution in [2.24, 2.45) is 0 Å². The summed E-state index contributed by atoms with van der Waals surface area (Å²) in [6.07, 6.45) is 4.63. The van der Waals surface area contributed by atoms with Crippen molar-refractivity contribution in [1.29, 1.82) is 0 Å². The van der Waals surface area contributed by atoms with E-state index in [9.17, 15) is 9.90 Å². The third kappa shape index (κ3) is 4.65. The Morgan fingerprint density at radius 3 is 2.59 bits per heavy atom. The molecule has 0 radical (unpaired) electrons. The number of oxazole rings is 1. The van der Waals surface area contributed by atoms with Gasteiger partial charge >= 0.3 is 0 Å². The van der Waals surface area contributed by atoms with Gasteiger partial charge in [0, 0.05) is 34.1 Å². The van der Waals surface area contributed by atoms with E-state index in [1.165, 1.54) is 6.07 Å². The van der Waals surface area contributed by atoms with Crippen molar-refractivity contribution in [2.75, 3.05) is 5.32 Å². The maximum Gasteiger partial charge on any atom is 0.234 e. The number of aromatic hydroxyl groups is 1. The number of benzene rings is 2. The predicted octanol–water partition coefficient (Wildman–Crippen LogP) is 6.29. The number of pyridine rings is 1. The van der Waals surface area contributed by atoms with Crippen molar-refractivity contribution < 1.29 is 14.3 Å². The highest BCUT2D eigenvalue weighted by atomic mass is 35.5. The van der Waals surface area contributed by atoms with Crippen molar-refractivity contribution in [2.45, 2.75) is 25.7 Å². The molecular weight excluding hydrogens is 426 g/mol. The number of phenols is 1. The first-order valence-electron chi connectivity index (χ1n) is 10.3. The third-order valence-corrected chi connectivity index (χ3v) is 5.32. The lowest BCUT2D eigenvalue weighted by Gasteiger charge is -2.17. The lowest BCUT2D eigenvalue weighted by Crippen LogP contribution is -2.21. The van der Waals surface area contributed by atoms with Gasteiger partial charge in [0.1, 0.15) is 11.4 Å². The summed E-state index contributed by atoms with van der Waals surface area (Å²) in [5, 5.41) is 13.7. The van der Waals surface area contributed by atoms with Gasteiger partial charge in [-0.3, -0.25) is 15.1 Å². The summed E-state index contributed by atoms with van der Waals surface area (Å²) in [4.78, 5) is 22.1. The second kappa shape index (κ2) is 9.66. The van der Waals surface area contributed by atoms with Gasteiger partial charge in [0.2, 0.25) is 17.7 Å². The molecule has 1 amide bonds. The number of carbonyl (C=O) groups is 1. The van der Waals surface area contributed by atoms with Crippen LogP contribution in [0.15, 0.2) is 77.5 Å². The fraction of sp³-hybridized carbons (Fsp3) is 0.160. The Kier molecular flexibility index (Phi) is 6.52. The molecule has 32 heavy (non-hydrogen) atoms. The Labute approximate surface area is 190 Å². The minimum absolute atomic E-state index is 0.0128. The molecule has 0 aliphatic carbocycles. The van der Waals surface area contributed by atoms with E-state index in [-0.39, 0.29) is 17.5 Å². The molecule has 2 heterocycles. The number of anilines is 1. The van der Waals surface area contributed by atoms with Crippen LogP contribution in [-0.4, -0.2) is 21.0 Å². The van der Waals surface area contributed by atoms with Gasteiger partial charge in [-0.25, -0.2) is 4.98 Å². The Morgan fingerprint density at radius 2 is 1.91 bits per heavy atom. The smallest absolute Gasteiger partial charge is 0.234 e. The average molecular weight is 448 g/mol. The van der Waals surface area contributed by atoms with E-state index in [4.69, 9.17) is 16.0 Å². The van der Waals surface area contributed by atoms with Crippen LogP contribution < -0.4 is 5.32 Å². The van der Waals surface area contributed by atoms with Crippen LogP contribution in [0.4, 0.5) is 5.88 Å². The molecule has 0 bridgehead atoms. The first-order valence-corrected chi connectivity index (χ1v) is 10.7. The molecule has 0 saturated heterocycles. The molecule has 0 aliphatic heterocycles. The summed E-state index contributed by atoms with van der Waals surface area (Å²) in [6.45, 7) is 1.98. The number of aromatic nitrogens is 2. The van der Waals surface area contributed by atoms with Crippen LogP contribution >= 0.6 is 11.6 Å². The van der Waals surface area contributed by atoms with E-state index in [0.29, 0.717) is 28.6 Å². The maximum atomic E-state index is 13.3. The molecular formula is C25H22ClN3O3. The van der Waals surface area contributed by atoms with Crippen molar-refractivity contribution in [3.05, 3.63) is 83.6 Å². The standard InChI is InChI=1S/C25H22ClN3O3/c1-2-7-20(19-12-11-18(26)14-21(19)30)23(31)29-25-22(17-10-6-13-27-15-17)28-24(32-25)16-8-4-3-5-9-16/h3-6,8-15,20,30H,2,7H2,1H3,(H,29,31). The van der Waals surface area contributed by atoms with Crippen LogP contribution in [0.2, 0.25) is 5.02 Å². The number of nitrogens with zero attached hydrogens (tertiary/aromatic N) is 2. The van der Waals surface area contributed by atoms with E-state index in [2.05, 4.69) is 15.3 Å². The van der Waals surface area contributed by atoms with Gasteiger partial charge < -0.3 is 9.52 Å². The normalized spacial score (nSPS) is 11.8. The Hall–Kier alpha value is -3.64. The van der Waals surface area contributed by atoms with Crippen LogP contribution in [-0.2, 0) is 4.79 Å². The minimum Gasteiger partial charge on any atom is -0.508 e. The van der Waals surface area contributed by atoms with Crippen LogP contribution in [0.1, 0.15) is 31.2 Å². The summed E-state index contributed by atoms with van der Waals surface area (Å²) in [7, 11) is 0. The zero-order valence-corrected chi connectivity index (χ0v) is 18.2. The van der Waals surface area contributed by atoms with Gasteiger partial charge in [0.25, 0.3) is 0 Å². The number of phenolic OH excluding ortho intramolecular Hbond substituents is 1. The van der Waals surface area contributed by atoms with Crippen LogP contribution in [0.3, 0.4) is 0 Å². The van der Waals surface area contributed by atoms with Crippen molar-refractivity contribution in [3.63, 3.8) is 0 Å². The fourth-order valence-corrected chi connectivity index (χ4v) is 3.70. The zero-order valence-electron chi connectivity index (χ0n) is 17.5. The molecule has 1 atom stereocenters. The van der Waals surface area contributed by atoms with E-state index < -0.39 is 5.92 Å². The molecule has 4 rings (SSSR count). The van der Waals surface area contributed by atoms with Crippen molar-refractivity contribution >= 4 is 23.4 Å². The molecule has 1 unspecified atom stereocenters. The summed E-state index contributed by atoms with van der Waals surface area (Å²) in [5.74, 6) is -0.270.